The molecule has 1 aromatic carbocycles. The molecule has 0 saturated carbocycles. The van der Waals surface area contributed by atoms with Crippen molar-refractivity contribution in [3.63, 3.8) is 0 Å². The molecule has 0 saturated heterocycles. The summed E-state index contributed by atoms with van der Waals surface area (Å²) in [5.74, 6) is 1.78. The highest BCUT2D eigenvalue weighted by Crippen LogP contribution is 2.11. The van der Waals surface area contributed by atoms with Crippen molar-refractivity contribution in [1.82, 2.24) is 10.6 Å². The highest BCUT2D eigenvalue weighted by molar-refractivity contribution is 5.79. The second kappa shape index (κ2) is 9.23. The molecule has 0 fully saturated rings. The summed E-state index contributed by atoms with van der Waals surface area (Å²) in [6.45, 7) is 7.93. The van der Waals surface area contributed by atoms with Crippen LogP contribution in [0.2, 0.25) is 0 Å². The van der Waals surface area contributed by atoms with Gasteiger partial charge in [0.1, 0.15) is 5.75 Å². The number of hydrogen-bond acceptors (Lipinski definition) is 2. The predicted octanol–water partition coefficient (Wildman–Crippen LogP) is 2.73. The van der Waals surface area contributed by atoms with Gasteiger partial charge in [0.05, 0.1) is 6.61 Å². The Morgan fingerprint density at radius 1 is 1.30 bits per heavy atom. The van der Waals surface area contributed by atoms with Crippen LogP contribution >= 0.6 is 0 Å². The number of hydrogen-bond donors (Lipinski definition) is 2. The maximum absolute atomic E-state index is 5.68. The fourth-order valence-electron chi connectivity index (χ4n) is 1.63. The third-order valence-electron chi connectivity index (χ3n) is 3.12. The van der Waals surface area contributed by atoms with Gasteiger partial charge in [-0.15, -0.1) is 0 Å². The van der Waals surface area contributed by atoms with Gasteiger partial charge in [0.25, 0.3) is 0 Å². The first-order chi connectivity index (χ1) is 9.65. The minimum Gasteiger partial charge on any atom is -0.494 e. The van der Waals surface area contributed by atoms with Crippen LogP contribution in [0, 0.1) is 6.92 Å². The summed E-state index contributed by atoms with van der Waals surface area (Å²) >= 11 is 0. The van der Waals surface area contributed by atoms with Gasteiger partial charge in [0.2, 0.25) is 0 Å². The van der Waals surface area contributed by atoms with E-state index in [1.54, 1.807) is 7.05 Å². The minimum atomic E-state index is 0.435. The summed E-state index contributed by atoms with van der Waals surface area (Å²) in [4.78, 5) is 4.20. The molecule has 0 aliphatic rings. The minimum absolute atomic E-state index is 0.435. The third-order valence-corrected chi connectivity index (χ3v) is 3.12. The molecule has 0 aliphatic heterocycles. The van der Waals surface area contributed by atoms with E-state index in [1.165, 1.54) is 5.56 Å². The molecule has 0 radical (unpaired) electrons. The first-order valence-electron chi connectivity index (χ1n) is 7.32. The molecule has 2 N–H and O–H groups in total. The molecule has 0 spiro atoms. The lowest BCUT2D eigenvalue weighted by Crippen LogP contribution is -2.42. The lowest BCUT2D eigenvalue weighted by atomic mass is 10.2. The smallest absolute Gasteiger partial charge is 0.191 e. The summed E-state index contributed by atoms with van der Waals surface area (Å²) in [5, 5.41) is 6.62. The standard InChI is InChI=1S/C16H27N3O/c1-5-14(3)19-16(17-4)18-11-6-12-20-15-9-7-13(2)8-10-15/h7-10,14H,5-6,11-12H2,1-4H3,(H2,17,18,19). The van der Waals surface area contributed by atoms with Crippen LogP contribution in [0.5, 0.6) is 5.75 Å². The number of nitrogens with zero attached hydrogens (tertiary/aromatic N) is 1. The fourth-order valence-corrected chi connectivity index (χ4v) is 1.63. The van der Waals surface area contributed by atoms with E-state index < -0.39 is 0 Å². The van der Waals surface area contributed by atoms with Crippen molar-refractivity contribution >= 4 is 5.96 Å². The molecule has 0 heterocycles. The van der Waals surface area contributed by atoms with E-state index in [2.05, 4.69) is 48.5 Å². The number of guanidine groups is 1. The van der Waals surface area contributed by atoms with Crippen LogP contribution in [0.3, 0.4) is 0 Å². The molecule has 0 aliphatic carbocycles. The highest BCUT2D eigenvalue weighted by Gasteiger charge is 2.01. The second-order valence-corrected chi connectivity index (χ2v) is 4.97. The van der Waals surface area contributed by atoms with Crippen LogP contribution in [-0.2, 0) is 0 Å². The molecule has 4 heteroatoms. The van der Waals surface area contributed by atoms with Crippen molar-refractivity contribution in [2.24, 2.45) is 4.99 Å². The summed E-state index contributed by atoms with van der Waals surface area (Å²) in [6, 6.07) is 8.57. The normalized spacial score (nSPS) is 12.9. The number of aliphatic imine (C=N–C) groups is 1. The van der Waals surface area contributed by atoms with E-state index in [-0.39, 0.29) is 0 Å². The van der Waals surface area contributed by atoms with Gasteiger partial charge in [-0.1, -0.05) is 24.6 Å². The SMILES string of the molecule is CCC(C)NC(=NC)NCCCOc1ccc(C)cc1. The Hall–Kier alpha value is -1.71. The van der Waals surface area contributed by atoms with Crippen LogP contribution < -0.4 is 15.4 Å². The van der Waals surface area contributed by atoms with Gasteiger partial charge in [-0.25, -0.2) is 0 Å². The van der Waals surface area contributed by atoms with Crippen molar-refractivity contribution in [3.8, 4) is 5.75 Å². The molecular formula is C16H27N3O. The Bertz CT molecular complexity index is 401. The summed E-state index contributed by atoms with van der Waals surface area (Å²) in [5.41, 5.74) is 1.25. The van der Waals surface area contributed by atoms with Gasteiger partial charge in [0, 0.05) is 19.6 Å². The Balaban J connectivity index is 2.16. The molecule has 1 rings (SSSR count). The highest BCUT2D eigenvalue weighted by atomic mass is 16.5. The monoisotopic (exact) mass is 277 g/mol. The Kier molecular flexibility index (Phi) is 7.55. The van der Waals surface area contributed by atoms with E-state index in [1.807, 2.05) is 12.1 Å². The zero-order valence-electron chi connectivity index (χ0n) is 13.1. The van der Waals surface area contributed by atoms with E-state index in [0.717, 1.165) is 31.1 Å². The van der Waals surface area contributed by atoms with Crippen LogP contribution in [0.4, 0.5) is 0 Å². The van der Waals surface area contributed by atoms with Crippen molar-refractivity contribution in [2.75, 3.05) is 20.2 Å². The third kappa shape index (κ3) is 6.45. The zero-order valence-corrected chi connectivity index (χ0v) is 13.1. The van der Waals surface area contributed by atoms with E-state index in [9.17, 15) is 0 Å². The molecule has 1 aromatic rings. The second-order valence-electron chi connectivity index (χ2n) is 4.97. The zero-order chi connectivity index (χ0) is 14.8. The average Bonchev–Trinajstić information content (AvgIpc) is 2.47. The molecule has 1 unspecified atom stereocenters. The van der Waals surface area contributed by atoms with E-state index in [4.69, 9.17) is 4.74 Å². The van der Waals surface area contributed by atoms with Crippen molar-refractivity contribution in [2.45, 2.75) is 39.7 Å². The molecule has 112 valence electrons. The molecule has 0 bridgehead atoms. The lowest BCUT2D eigenvalue weighted by Gasteiger charge is -2.16. The van der Waals surface area contributed by atoms with E-state index in [0.29, 0.717) is 12.6 Å². The maximum atomic E-state index is 5.68. The van der Waals surface area contributed by atoms with Crippen molar-refractivity contribution in [1.29, 1.82) is 0 Å². The number of rotatable bonds is 7. The van der Waals surface area contributed by atoms with E-state index >= 15 is 0 Å². The molecule has 1 atom stereocenters. The Labute approximate surface area is 122 Å². The van der Waals surface area contributed by atoms with Gasteiger partial charge < -0.3 is 15.4 Å². The van der Waals surface area contributed by atoms with Crippen LogP contribution in [0.1, 0.15) is 32.3 Å². The fraction of sp³-hybridized carbons (Fsp3) is 0.562. The number of ether oxygens (including phenoxy) is 1. The Morgan fingerprint density at radius 2 is 2.00 bits per heavy atom. The molecule has 20 heavy (non-hydrogen) atoms. The molecular weight excluding hydrogens is 250 g/mol. The van der Waals surface area contributed by atoms with Gasteiger partial charge in [-0.05, 0) is 38.8 Å². The largest absolute Gasteiger partial charge is 0.494 e. The van der Waals surface area contributed by atoms with Crippen molar-refractivity contribution in [3.05, 3.63) is 29.8 Å². The average molecular weight is 277 g/mol. The quantitative estimate of drug-likeness (QED) is 0.457. The maximum Gasteiger partial charge on any atom is 0.191 e. The van der Waals surface area contributed by atoms with Gasteiger partial charge >= 0.3 is 0 Å². The van der Waals surface area contributed by atoms with Gasteiger partial charge in [-0.2, -0.15) is 0 Å². The number of nitrogens with one attached hydrogen (secondary N) is 2. The first-order valence-corrected chi connectivity index (χ1v) is 7.32. The van der Waals surface area contributed by atoms with Crippen molar-refractivity contribution < 1.29 is 4.74 Å². The topological polar surface area (TPSA) is 45.7 Å². The Morgan fingerprint density at radius 3 is 2.60 bits per heavy atom. The van der Waals surface area contributed by atoms with Gasteiger partial charge in [0.15, 0.2) is 5.96 Å². The number of benzene rings is 1. The molecule has 4 nitrogen and oxygen atoms in total. The molecule has 0 amide bonds. The van der Waals surface area contributed by atoms with Crippen LogP contribution in [-0.4, -0.2) is 32.2 Å². The number of aryl methyl sites for hydroxylation is 1. The summed E-state index contributed by atoms with van der Waals surface area (Å²) in [6.07, 6.45) is 2.02. The van der Waals surface area contributed by atoms with Crippen LogP contribution in [0.15, 0.2) is 29.3 Å². The van der Waals surface area contributed by atoms with Gasteiger partial charge in [-0.3, -0.25) is 4.99 Å². The predicted molar refractivity (Wildman–Crippen MR) is 85.5 cm³/mol. The summed E-state index contributed by atoms with van der Waals surface area (Å²) < 4.78 is 5.68. The lowest BCUT2D eigenvalue weighted by molar-refractivity contribution is 0.311. The first kappa shape index (κ1) is 16.3. The summed E-state index contributed by atoms with van der Waals surface area (Å²) in [7, 11) is 1.79. The van der Waals surface area contributed by atoms with Crippen LogP contribution in [0.25, 0.3) is 0 Å². The molecule has 0 aromatic heterocycles.